The molecule has 150 valence electrons. The van der Waals surface area contributed by atoms with Gasteiger partial charge in [-0.3, -0.25) is 9.36 Å². The number of rotatable bonds is 6. The van der Waals surface area contributed by atoms with Crippen LogP contribution in [0, 0.1) is 11.7 Å². The molecular weight excluding hydrogens is 375 g/mol. The highest BCUT2D eigenvalue weighted by molar-refractivity contribution is 8.00. The van der Waals surface area contributed by atoms with Crippen molar-refractivity contribution < 1.29 is 9.18 Å². The average Bonchev–Trinajstić information content (AvgIpc) is 3.44. The summed E-state index contributed by atoms with van der Waals surface area (Å²) in [5.41, 5.74) is 0.460. The predicted octanol–water partition coefficient (Wildman–Crippen LogP) is 4.59. The van der Waals surface area contributed by atoms with Gasteiger partial charge in [-0.1, -0.05) is 43.7 Å². The van der Waals surface area contributed by atoms with E-state index in [1.165, 1.54) is 37.1 Å². The van der Waals surface area contributed by atoms with Crippen LogP contribution in [0.15, 0.2) is 29.4 Å². The van der Waals surface area contributed by atoms with Gasteiger partial charge >= 0.3 is 0 Å². The van der Waals surface area contributed by atoms with E-state index < -0.39 is 0 Å². The van der Waals surface area contributed by atoms with Crippen molar-refractivity contribution in [3.63, 3.8) is 0 Å². The fourth-order valence-electron chi connectivity index (χ4n) is 3.89. The van der Waals surface area contributed by atoms with Gasteiger partial charge < -0.3 is 5.32 Å². The Hall–Kier alpha value is -1.89. The summed E-state index contributed by atoms with van der Waals surface area (Å²) in [6.07, 6.45) is 6.73. The number of amides is 1. The molecule has 2 aliphatic carbocycles. The molecule has 0 spiro atoms. The summed E-state index contributed by atoms with van der Waals surface area (Å²) in [7, 11) is 0. The summed E-state index contributed by atoms with van der Waals surface area (Å²) in [4.78, 5) is 12.7. The molecule has 2 aromatic rings. The number of carbonyl (C=O) groups excluding carboxylic acids is 1. The van der Waals surface area contributed by atoms with Gasteiger partial charge in [-0.05, 0) is 50.7 Å². The maximum absolute atomic E-state index is 14.3. The van der Waals surface area contributed by atoms with E-state index in [2.05, 4.69) is 22.4 Å². The highest BCUT2D eigenvalue weighted by Crippen LogP contribution is 2.42. The second-order valence-corrected chi connectivity index (χ2v) is 9.33. The molecule has 5 nitrogen and oxygen atoms in total. The molecule has 2 saturated carbocycles. The Morgan fingerprint density at radius 2 is 1.96 bits per heavy atom. The number of halogens is 1. The van der Waals surface area contributed by atoms with Crippen molar-refractivity contribution in [3.05, 3.63) is 30.1 Å². The van der Waals surface area contributed by atoms with Crippen molar-refractivity contribution in [1.82, 2.24) is 20.1 Å². The molecule has 1 heterocycles. The van der Waals surface area contributed by atoms with Gasteiger partial charge in [0.15, 0.2) is 11.0 Å². The molecule has 2 fully saturated rings. The van der Waals surface area contributed by atoms with Gasteiger partial charge in [0.05, 0.1) is 10.8 Å². The Kier molecular flexibility index (Phi) is 5.71. The lowest BCUT2D eigenvalue weighted by molar-refractivity contribution is -0.121. The van der Waals surface area contributed by atoms with Crippen LogP contribution in [0.2, 0.25) is 0 Å². The van der Waals surface area contributed by atoms with Crippen LogP contribution in [-0.2, 0) is 4.79 Å². The van der Waals surface area contributed by atoms with Crippen LogP contribution in [0.3, 0.4) is 0 Å². The first-order valence-electron chi connectivity index (χ1n) is 10.2. The number of thioether (sulfide) groups is 1. The zero-order valence-electron chi connectivity index (χ0n) is 16.4. The minimum absolute atomic E-state index is 0.0431. The summed E-state index contributed by atoms with van der Waals surface area (Å²) in [5.74, 6) is 0.821. The van der Waals surface area contributed by atoms with Crippen LogP contribution in [0.1, 0.15) is 58.4 Å². The van der Waals surface area contributed by atoms with E-state index in [0.29, 0.717) is 28.5 Å². The zero-order chi connectivity index (χ0) is 19.7. The van der Waals surface area contributed by atoms with Gasteiger partial charge in [-0.25, -0.2) is 4.39 Å². The SMILES string of the molecule is CC(Sc1nnc(-c2ccccc2F)n1C1CC1)C(=O)NC1CCCCC1C. The summed E-state index contributed by atoms with van der Waals surface area (Å²) >= 11 is 1.41. The predicted molar refractivity (Wildman–Crippen MR) is 109 cm³/mol. The molecular formula is C21H27FN4OS. The summed E-state index contributed by atoms with van der Waals surface area (Å²) in [6.45, 7) is 4.12. The van der Waals surface area contributed by atoms with E-state index in [4.69, 9.17) is 0 Å². The Morgan fingerprint density at radius 3 is 2.68 bits per heavy atom. The van der Waals surface area contributed by atoms with Crippen LogP contribution in [0.25, 0.3) is 11.4 Å². The summed E-state index contributed by atoms with van der Waals surface area (Å²) in [5, 5.41) is 12.2. The molecule has 28 heavy (non-hydrogen) atoms. The third kappa shape index (κ3) is 4.09. The highest BCUT2D eigenvalue weighted by atomic mass is 32.2. The molecule has 0 aliphatic heterocycles. The fourth-order valence-corrected chi connectivity index (χ4v) is 4.82. The van der Waals surface area contributed by atoms with E-state index in [9.17, 15) is 9.18 Å². The van der Waals surface area contributed by atoms with Crippen LogP contribution in [0.5, 0.6) is 0 Å². The van der Waals surface area contributed by atoms with E-state index in [1.807, 2.05) is 11.5 Å². The normalized spacial score (nSPS) is 23.4. The molecule has 0 radical (unpaired) electrons. The molecule has 1 aromatic carbocycles. The number of carbonyl (C=O) groups is 1. The first-order valence-corrected chi connectivity index (χ1v) is 11.1. The number of nitrogens with zero attached hydrogens (tertiary/aromatic N) is 3. The molecule has 0 bridgehead atoms. The average molecular weight is 403 g/mol. The fraction of sp³-hybridized carbons (Fsp3) is 0.571. The second-order valence-electron chi connectivity index (χ2n) is 8.02. The van der Waals surface area contributed by atoms with Gasteiger partial charge in [0.2, 0.25) is 5.91 Å². The van der Waals surface area contributed by atoms with E-state index in [-0.39, 0.29) is 23.0 Å². The van der Waals surface area contributed by atoms with Crippen LogP contribution in [-0.4, -0.2) is 32.0 Å². The summed E-state index contributed by atoms with van der Waals surface area (Å²) in [6, 6.07) is 7.20. The van der Waals surface area contributed by atoms with Gasteiger partial charge in [0.1, 0.15) is 5.82 Å². The highest BCUT2D eigenvalue weighted by Gasteiger charge is 2.33. The van der Waals surface area contributed by atoms with Crippen molar-refractivity contribution in [2.24, 2.45) is 5.92 Å². The molecule has 7 heteroatoms. The first kappa shape index (κ1) is 19.4. The number of nitrogens with one attached hydrogen (secondary N) is 1. The van der Waals surface area contributed by atoms with Gasteiger partial charge in [0.25, 0.3) is 0 Å². The number of benzene rings is 1. The lowest BCUT2D eigenvalue weighted by Crippen LogP contribution is -2.44. The van der Waals surface area contributed by atoms with Crippen LogP contribution < -0.4 is 5.32 Å². The first-order chi connectivity index (χ1) is 13.5. The molecule has 0 saturated heterocycles. The van der Waals surface area contributed by atoms with Crippen molar-refractivity contribution in [3.8, 4) is 11.4 Å². The van der Waals surface area contributed by atoms with E-state index in [1.54, 1.807) is 18.2 Å². The lowest BCUT2D eigenvalue weighted by Gasteiger charge is -2.30. The maximum atomic E-state index is 14.3. The number of aromatic nitrogens is 3. The van der Waals surface area contributed by atoms with Crippen LogP contribution >= 0.6 is 11.8 Å². The van der Waals surface area contributed by atoms with E-state index in [0.717, 1.165) is 19.3 Å². The largest absolute Gasteiger partial charge is 0.352 e. The van der Waals surface area contributed by atoms with E-state index >= 15 is 0 Å². The molecule has 3 unspecified atom stereocenters. The number of hydrogen-bond acceptors (Lipinski definition) is 4. The Bertz CT molecular complexity index is 851. The standard InChI is InChI=1S/C21H27FN4OS/c1-13-7-3-6-10-18(13)23-20(27)14(2)28-21-25-24-19(26(21)15-11-12-15)16-8-4-5-9-17(16)22/h4-5,8-9,13-15,18H,3,6-7,10-12H2,1-2H3,(H,23,27). The molecule has 1 amide bonds. The minimum Gasteiger partial charge on any atom is -0.352 e. The van der Waals surface area contributed by atoms with Crippen molar-refractivity contribution >= 4 is 17.7 Å². The topological polar surface area (TPSA) is 59.8 Å². The zero-order valence-corrected chi connectivity index (χ0v) is 17.2. The quantitative estimate of drug-likeness (QED) is 0.718. The molecule has 1 N–H and O–H groups in total. The molecule has 3 atom stereocenters. The summed E-state index contributed by atoms with van der Waals surface area (Å²) < 4.78 is 16.3. The van der Waals surface area contributed by atoms with Gasteiger partial charge in [0, 0.05) is 12.1 Å². The van der Waals surface area contributed by atoms with Crippen molar-refractivity contribution in [2.75, 3.05) is 0 Å². The molecule has 1 aromatic heterocycles. The second kappa shape index (κ2) is 8.23. The Morgan fingerprint density at radius 1 is 1.21 bits per heavy atom. The number of hydrogen-bond donors (Lipinski definition) is 1. The van der Waals surface area contributed by atoms with Crippen LogP contribution in [0.4, 0.5) is 4.39 Å². The smallest absolute Gasteiger partial charge is 0.233 e. The Balaban J connectivity index is 1.50. The Labute approximate surface area is 169 Å². The van der Waals surface area contributed by atoms with Crippen molar-refractivity contribution in [2.45, 2.75) is 74.9 Å². The van der Waals surface area contributed by atoms with Crippen molar-refractivity contribution in [1.29, 1.82) is 0 Å². The molecule has 2 aliphatic rings. The maximum Gasteiger partial charge on any atom is 0.233 e. The lowest BCUT2D eigenvalue weighted by atomic mass is 9.86. The van der Waals surface area contributed by atoms with Gasteiger partial charge in [-0.15, -0.1) is 10.2 Å². The third-order valence-corrected chi connectivity index (χ3v) is 6.84. The minimum atomic E-state index is -0.301. The molecule has 4 rings (SSSR count). The third-order valence-electron chi connectivity index (χ3n) is 5.78. The monoisotopic (exact) mass is 402 g/mol. The van der Waals surface area contributed by atoms with Gasteiger partial charge in [-0.2, -0.15) is 0 Å².